The standard InChI is InChI=1S/C64H115N2O7P/c1-7-10-13-16-19-22-25-28-30-32-33-35-36-38-41-44-47-50-53-56-63(67)65-61(60-72-74(69,70)71-59-58-66(4,5)6)62(55-52-49-46-43-40-27-24-21-18-15-12-9-3)73-64(68)57-54-51-48-45-42-39-37-34-31-29-26-23-20-17-14-11-8-2/h10,13,19,22,28,30,33,35,38,41,47,50,52,55,61-62H,7-9,11-12,14-18,20-21,23-27,29,31-32,34,36-37,39-40,42-46,48-49,51,53-54,56-60H2,1-6H3,(H-,65,67,69,70)/b13-10-,22-19-,30-28-,35-33-,41-38-,50-47-,55-52+. The van der Waals surface area contributed by atoms with Crippen LogP contribution in [-0.4, -0.2) is 69.4 Å². The number of nitrogens with one attached hydrogen (secondary N) is 1. The normalized spacial score (nSPS) is 14.3. The van der Waals surface area contributed by atoms with Crippen LogP contribution in [0.1, 0.15) is 258 Å². The zero-order valence-electron chi connectivity index (χ0n) is 48.8. The third-order valence-electron chi connectivity index (χ3n) is 13.1. The number of carbonyl (C=O) groups is 2. The summed E-state index contributed by atoms with van der Waals surface area (Å²) in [5, 5.41) is 2.98. The van der Waals surface area contributed by atoms with Crippen LogP contribution in [0.25, 0.3) is 0 Å². The van der Waals surface area contributed by atoms with Crippen LogP contribution in [0.15, 0.2) is 85.1 Å². The molecule has 0 radical (unpaired) electrons. The summed E-state index contributed by atoms with van der Waals surface area (Å²) in [5.41, 5.74) is 0. The molecular weight excluding hydrogens is 940 g/mol. The number of hydrogen-bond donors (Lipinski definition) is 1. The summed E-state index contributed by atoms with van der Waals surface area (Å²) in [7, 11) is 1.14. The number of phosphoric acid groups is 1. The summed E-state index contributed by atoms with van der Waals surface area (Å²) in [6.45, 7) is 6.68. The SMILES string of the molecule is CC/C=C\C/C=C\C/C=C\C/C=C\C/C=C\C/C=C\CCC(=O)NC(COP(=O)([O-])OCC[N+](C)(C)C)C(/C=C/CCCCCCCCCCCC)OC(=O)CCCCCCCCCCCCCCCCCCC. The van der Waals surface area contributed by atoms with E-state index in [9.17, 15) is 19.0 Å². The molecule has 0 aliphatic carbocycles. The molecule has 3 atom stereocenters. The number of rotatable bonds is 54. The number of carbonyl (C=O) groups excluding carboxylic acids is 2. The molecule has 0 saturated carbocycles. The van der Waals surface area contributed by atoms with Gasteiger partial charge in [0.1, 0.15) is 19.3 Å². The minimum Gasteiger partial charge on any atom is -0.756 e. The number of phosphoric ester groups is 1. The van der Waals surface area contributed by atoms with Crippen LogP contribution < -0.4 is 10.2 Å². The lowest BCUT2D eigenvalue weighted by atomic mass is 10.0. The molecule has 0 fully saturated rings. The Labute approximate surface area is 456 Å². The largest absolute Gasteiger partial charge is 0.756 e. The third kappa shape index (κ3) is 54.0. The highest BCUT2D eigenvalue weighted by Crippen LogP contribution is 2.38. The minimum absolute atomic E-state index is 0.0379. The van der Waals surface area contributed by atoms with Crippen molar-refractivity contribution in [2.45, 2.75) is 270 Å². The van der Waals surface area contributed by atoms with E-state index in [1.54, 1.807) is 0 Å². The summed E-state index contributed by atoms with van der Waals surface area (Å²) in [5.74, 6) is -0.636. The number of amides is 1. The van der Waals surface area contributed by atoms with E-state index in [0.29, 0.717) is 17.4 Å². The molecule has 0 aliphatic heterocycles. The fraction of sp³-hybridized carbons (Fsp3) is 0.750. The van der Waals surface area contributed by atoms with Crippen LogP contribution in [0.3, 0.4) is 0 Å². The van der Waals surface area contributed by atoms with Gasteiger partial charge in [0, 0.05) is 12.8 Å². The first kappa shape index (κ1) is 71.2. The van der Waals surface area contributed by atoms with Gasteiger partial charge in [0.2, 0.25) is 5.91 Å². The molecule has 0 aromatic rings. The zero-order chi connectivity index (χ0) is 54.3. The summed E-state index contributed by atoms with van der Waals surface area (Å²) in [4.78, 5) is 39.9. The van der Waals surface area contributed by atoms with Crippen LogP contribution in [-0.2, 0) is 27.9 Å². The lowest BCUT2D eigenvalue weighted by Gasteiger charge is -2.30. The highest BCUT2D eigenvalue weighted by Gasteiger charge is 2.27. The maximum absolute atomic E-state index is 13.5. The fourth-order valence-electron chi connectivity index (χ4n) is 8.43. The highest BCUT2D eigenvalue weighted by molar-refractivity contribution is 7.45. The maximum Gasteiger partial charge on any atom is 0.306 e. The Morgan fingerprint density at radius 3 is 1.30 bits per heavy atom. The van der Waals surface area contributed by atoms with Gasteiger partial charge in [-0.1, -0.05) is 260 Å². The van der Waals surface area contributed by atoms with Crippen molar-refractivity contribution in [2.75, 3.05) is 40.9 Å². The number of allylic oxidation sites excluding steroid dienone is 13. The molecule has 428 valence electrons. The lowest BCUT2D eigenvalue weighted by molar-refractivity contribution is -0.870. The molecule has 1 amide bonds. The molecule has 0 bridgehead atoms. The van der Waals surface area contributed by atoms with Crippen molar-refractivity contribution >= 4 is 19.7 Å². The van der Waals surface area contributed by atoms with Crippen molar-refractivity contribution in [1.82, 2.24) is 5.32 Å². The molecule has 1 N–H and O–H groups in total. The first-order valence-corrected chi connectivity index (χ1v) is 31.9. The minimum atomic E-state index is -4.72. The van der Waals surface area contributed by atoms with Gasteiger partial charge in [0.05, 0.1) is 33.8 Å². The topological polar surface area (TPSA) is 114 Å². The van der Waals surface area contributed by atoms with Crippen molar-refractivity contribution < 1.29 is 37.3 Å². The average molecular weight is 1060 g/mol. The second-order valence-electron chi connectivity index (χ2n) is 21.5. The first-order chi connectivity index (χ1) is 35.9. The van der Waals surface area contributed by atoms with Crippen LogP contribution in [0.2, 0.25) is 0 Å². The van der Waals surface area contributed by atoms with Gasteiger partial charge in [-0.05, 0) is 70.3 Å². The zero-order valence-corrected chi connectivity index (χ0v) is 49.7. The number of ether oxygens (including phenoxy) is 1. The van der Waals surface area contributed by atoms with Crippen molar-refractivity contribution in [2.24, 2.45) is 0 Å². The second kappa shape index (κ2) is 53.6. The molecule has 3 unspecified atom stereocenters. The number of hydrogen-bond acceptors (Lipinski definition) is 7. The molecule has 9 nitrogen and oxygen atoms in total. The summed E-state index contributed by atoms with van der Waals surface area (Å²) >= 11 is 0. The molecule has 10 heteroatoms. The first-order valence-electron chi connectivity index (χ1n) is 30.4. The van der Waals surface area contributed by atoms with E-state index in [1.807, 2.05) is 45.4 Å². The average Bonchev–Trinajstić information content (AvgIpc) is 3.36. The van der Waals surface area contributed by atoms with Crippen LogP contribution in [0.4, 0.5) is 0 Å². The van der Waals surface area contributed by atoms with E-state index < -0.39 is 26.6 Å². The number of unbranched alkanes of at least 4 members (excludes halogenated alkanes) is 26. The number of likely N-dealkylation sites (N-methyl/N-ethyl adjacent to an activating group) is 1. The van der Waals surface area contributed by atoms with Gasteiger partial charge in [-0.25, -0.2) is 0 Å². The summed E-state index contributed by atoms with van der Waals surface area (Å²) < 4.78 is 30.2. The van der Waals surface area contributed by atoms with E-state index in [2.05, 4.69) is 86.8 Å². The van der Waals surface area contributed by atoms with Gasteiger partial charge in [-0.2, -0.15) is 0 Å². The molecule has 0 heterocycles. The summed E-state index contributed by atoms with van der Waals surface area (Å²) in [6, 6.07) is -0.930. The van der Waals surface area contributed by atoms with E-state index in [-0.39, 0.29) is 31.3 Å². The predicted molar refractivity (Wildman–Crippen MR) is 316 cm³/mol. The molecule has 0 spiro atoms. The van der Waals surface area contributed by atoms with Gasteiger partial charge in [-0.15, -0.1) is 0 Å². The third-order valence-corrected chi connectivity index (χ3v) is 14.1. The quantitative estimate of drug-likeness (QED) is 0.0212. The number of nitrogens with zero attached hydrogens (tertiary/aromatic N) is 1. The van der Waals surface area contributed by atoms with Gasteiger partial charge in [0.15, 0.2) is 0 Å². The Morgan fingerprint density at radius 2 is 0.878 bits per heavy atom. The van der Waals surface area contributed by atoms with Gasteiger partial charge in [0.25, 0.3) is 7.82 Å². The monoisotopic (exact) mass is 1050 g/mol. The Bertz CT molecular complexity index is 1540. The Morgan fingerprint density at radius 1 is 0.486 bits per heavy atom. The number of esters is 1. The Balaban J connectivity index is 5.39. The van der Waals surface area contributed by atoms with Gasteiger partial charge >= 0.3 is 5.97 Å². The molecule has 0 saturated heterocycles. The number of quaternary nitrogens is 1. The van der Waals surface area contributed by atoms with Crippen molar-refractivity contribution in [3.05, 3.63) is 85.1 Å². The van der Waals surface area contributed by atoms with Crippen molar-refractivity contribution in [3.63, 3.8) is 0 Å². The highest BCUT2D eigenvalue weighted by atomic mass is 31.2. The van der Waals surface area contributed by atoms with Gasteiger partial charge < -0.3 is 28.5 Å². The van der Waals surface area contributed by atoms with Crippen LogP contribution >= 0.6 is 7.82 Å². The smallest absolute Gasteiger partial charge is 0.306 e. The molecule has 0 rings (SSSR count). The summed E-state index contributed by atoms with van der Waals surface area (Å²) in [6.07, 6.45) is 70.0. The molecular formula is C64H115N2O7P. The Kier molecular flexibility index (Phi) is 51.5. The van der Waals surface area contributed by atoms with Gasteiger partial charge in [-0.3, -0.25) is 14.2 Å². The lowest BCUT2D eigenvalue weighted by Crippen LogP contribution is -2.47. The molecule has 74 heavy (non-hydrogen) atoms. The van der Waals surface area contributed by atoms with Crippen LogP contribution in [0, 0.1) is 0 Å². The Hall–Kier alpha value is -2.81. The fourth-order valence-corrected chi connectivity index (χ4v) is 9.15. The molecule has 0 aliphatic rings. The maximum atomic E-state index is 13.5. The molecule has 0 aromatic heterocycles. The van der Waals surface area contributed by atoms with E-state index in [0.717, 1.165) is 77.0 Å². The van der Waals surface area contributed by atoms with Crippen molar-refractivity contribution in [3.8, 4) is 0 Å². The predicted octanol–water partition coefficient (Wildman–Crippen LogP) is 18.0. The van der Waals surface area contributed by atoms with Crippen LogP contribution in [0.5, 0.6) is 0 Å². The molecule has 0 aromatic carbocycles. The van der Waals surface area contributed by atoms with E-state index in [4.69, 9.17) is 13.8 Å². The van der Waals surface area contributed by atoms with Crippen molar-refractivity contribution in [1.29, 1.82) is 0 Å². The second-order valence-corrected chi connectivity index (χ2v) is 22.9. The van der Waals surface area contributed by atoms with E-state index >= 15 is 0 Å². The van der Waals surface area contributed by atoms with E-state index in [1.165, 1.54) is 141 Å².